The minimum atomic E-state index is -4.65. The Labute approximate surface area is 120 Å². The zero-order valence-corrected chi connectivity index (χ0v) is 12.1. The maximum Gasteiger partial charge on any atom is 0.402 e. The summed E-state index contributed by atoms with van der Waals surface area (Å²) >= 11 is 0. The number of alkyl halides is 3. The van der Waals surface area contributed by atoms with E-state index in [9.17, 15) is 21.6 Å². The molecule has 0 aliphatic heterocycles. The molecule has 0 aliphatic carbocycles. The number of hydrogen-bond donors (Lipinski definition) is 2. The van der Waals surface area contributed by atoms with Gasteiger partial charge < -0.3 is 15.2 Å². The van der Waals surface area contributed by atoms with Crippen LogP contribution in [0, 0.1) is 0 Å². The first-order chi connectivity index (χ1) is 9.64. The fourth-order valence-electron chi connectivity index (χ4n) is 1.58. The maximum absolute atomic E-state index is 12.1. The topological polar surface area (TPSA) is 90.7 Å². The van der Waals surface area contributed by atoms with Crippen molar-refractivity contribution in [1.82, 2.24) is 4.72 Å². The normalized spacial score (nSPS) is 12.3. The van der Waals surface area contributed by atoms with Gasteiger partial charge in [-0.2, -0.15) is 13.2 Å². The first-order valence-electron chi connectivity index (χ1n) is 5.66. The smallest absolute Gasteiger partial charge is 0.402 e. The summed E-state index contributed by atoms with van der Waals surface area (Å²) in [5, 5.41) is 0. The Balaban J connectivity index is 3.24. The van der Waals surface area contributed by atoms with E-state index in [4.69, 9.17) is 15.2 Å². The monoisotopic (exact) mass is 328 g/mol. The standard InChI is InChI=1S/C11H15F3N2O4S/c1-19-9-4-8(3-7(5-15)10(9)20-2)21(17,18)16-6-11(12,13)14/h3-4,16H,5-6,15H2,1-2H3. The quantitative estimate of drug-likeness (QED) is 0.813. The maximum atomic E-state index is 12.1. The molecule has 0 saturated carbocycles. The van der Waals surface area contributed by atoms with Crippen LogP contribution in [-0.4, -0.2) is 35.4 Å². The van der Waals surface area contributed by atoms with Crippen molar-refractivity contribution < 1.29 is 31.1 Å². The SMILES string of the molecule is COc1cc(S(=O)(=O)NCC(F)(F)F)cc(CN)c1OC. The summed E-state index contributed by atoms with van der Waals surface area (Å²) in [6.07, 6.45) is -4.65. The van der Waals surface area contributed by atoms with Crippen molar-refractivity contribution >= 4 is 10.0 Å². The van der Waals surface area contributed by atoms with Gasteiger partial charge in [-0.15, -0.1) is 0 Å². The molecule has 0 saturated heterocycles. The van der Waals surface area contributed by atoms with Gasteiger partial charge in [0, 0.05) is 18.2 Å². The van der Waals surface area contributed by atoms with Crippen molar-refractivity contribution in [3.8, 4) is 11.5 Å². The lowest BCUT2D eigenvalue weighted by Crippen LogP contribution is -2.33. The van der Waals surface area contributed by atoms with Crippen LogP contribution in [0.1, 0.15) is 5.56 Å². The van der Waals surface area contributed by atoms with Crippen LogP contribution in [0.2, 0.25) is 0 Å². The third-order valence-electron chi connectivity index (χ3n) is 2.52. The Hall–Kier alpha value is -1.52. The van der Waals surface area contributed by atoms with Crippen LogP contribution in [0.15, 0.2) is 17.0 Å². The molecule has 10 heteroatoms. The summed E-state index contributed by atoms with van der Waals surface area (Å²) < 4.78 is 71.6. The highest BCUT2D eigenvalue weighted by Gasteiger charge is 2.30. The van der Waals surface area contributed by atoms with Gasteiger partial charge in [-0.3, -0.25) is 0 Å². The van der Waals surface area contributed by atoms with E-state index in [0.29, 0.717) is 5.56 Å². The molecular weight excluding hydrogens is 313 g/mol. The second kappa shape index (κ2) is 6.50. The van der Waals surface area contributed by atoms with Crippen molar-refractivity contribution in [1.29, 1.82) is 0 Å². The fourth-order valence-corrected chi connectivity index (χ4v) is 2.66. The Morgan fingerprint density at radius 2 is 1.86 bits per heavy atom. The molecule has 21 heavy (non-hydrogen) atoms. The fraction of sp³-hybridized carbons (Fsp3) is 0.455. The third kappa shape index (κ3) is 4.48. The highest BCUT2D eigenvalue weighted by atomic mass is 32.2. The van der Waals surface area contributed by atoms with Gasteiger partial charge in [0.1, 0.15) is 6.54 Å². The molecule has 0 aromatic heterocycles. The van der Waals surface area contributed by atoms with E-state index in [1.54, 1.807) is 0 Å². The van der Waals surface area contributed by atoms with Gasteiger partial charge in [0.05, 0.1) is 19.1 Å². The van der Waals surface area contributed by atoms with E-state index < -0.39 is 22.7 Å². The molecule has 0 aliphatic rings. The molecule has 0 bridgehead atoms. The van der Waals surface area contributed by atoms with E-state index in [2.05, 4.69) is 0 Å². The van der Waals surface area contributed by atoms with E-state index >= 15 is 0 Å². The van der Waals surface area contributed by atoms with Crippen molar-refractivity contribution in [2.45, 2.75) is 17.6 Å². The summed E-state index contributed by atoms with van der Waals surface area (Å²) in [6, 6.07) is 2.21. The Kier molecular flexibility index (Phi) is 5.42. The van der Waals surface area contributed by atoms with Gasteiger partial charge in [0.2, 0.25) is 10.0 Å². The molecule has 0 unspecified atom stereocenters. The molecule has 1 rings (SSSR count). The number of methoxy groups -OCH3 is 2. The molecule has 1 aromatic rings. The molecule has 6 nitrogen and oxygen atoms in total. The van der Waals surface area contributed by atoms with Gasteiger partial charge in [-0.1, -0.05) is 0 Å². The number of rotatable bonds is 6. The molecule has 0 radical (unpaired) electrons. The number of nitrogens with one attached hydrogen (secondary N) is 1. The van der Waals surface area contributed by atoms with Crippen LogP contribution in [0.3, 0.4) is 0 Å². The Morgan fingerprint density at radius 1 is 1.24 bits per heavy atom. The minimum Gasteiger partial charge on any atom is -0.493 e. The predicted octanol–water partition coefficient (Wildman–Crippen LogP) is 1.00. The van der Waals surface area contributed by atoms with Gasteiger partial charge in [-0.25, -0.2) is 13.1 Å². The lowest BCUT2D eigenvalue weighted by atomic mass is 10.2. The van der Waals surface area contributed by atoms with Gasteiger partial charge in [0.25, 0.3) is 0 Å². The van der Waals surface area contributed by atoms with Gasteiger partial charge in [0.15, 0.2) is 11.5 Å². The van der Waals surface area contributed by atoms with E-state index in [0.717, 1.165) is 12.1 Å². The number of sulfonamides is 1. The summed E-state index contributed by atoms with van der Waals surface area (Å²) in [4.78, 5) is -0.384. The molecule has 0 atom stereocenters. The minimum absolute atomic E-state index is 0.0628. The number of halogens is 3. The number of hydrogen-bond acceptors (Lipinski definition) is 5. The van der Waals surface area contributed by atoms with Crippen molar-refractivity contribution in [2.75, 3.05) is 20.8 Å². The summed E-state index contributed by atoms with van der Waals surface area (Å²) in [6.45, 7) is -1.73. The zero-order valence-electron chi connectivity index (χ0n) is 11.3. The predicted molar refractivity (Wildman–Crippen MR) is 68.7 cm³/mol. The highest BCUT2D eigenvalue weighted by Crippen LogP contribution is 2.34. The highest BCUT2D eigenvalue weighted by molar-refractivity contribution is 7.89. The molecule has 120 valence electrons. The molecule has 0 amide bonds. The van der Waals surface area contributed by atoms with E-state index in [1.807, 2.05) is 0 Å². The van der Waals surface area contributed by atoms with Crippen LogP contribution in [-0.2, 0) is 16.6 Å². The zero-order chi connectivity index (χ0) is 16.3. The Morgan fingerprint density at radius 3 is 2.29 bits per heavy atom. The lowest BCUT2D eigenvalue weighted by Gasteiger charge is -2.15. The number of nitrogens with two attached hydrogens (primary N) is 1. The van der Waals surface area contributed by atoms with Crippen LogP contribution in [0.5, 0.6) is 11.5 Å². The van der Waals surface area contributed by atoms with Gasteiger partial charge in [-0.05, 0) is 6.07 Å². The first kappa shape index (κ1) is 17.5. The molecular formula is C11H15F3N2O4S. The summed E-state index contributed by atoms with van der Waals surface area (Å²) in [5.41, 5.74) is 5.77. The van der Waals surface area contributed by atoms with Crippen LogP contribution < -0.4 is 19.9 Å². The number of benzene rings is 1. The average molecular weight is 328 g/mol. The Bertz CT molecular complexity index is 577. The van der Waals surface area contributed by atoms with Crippen molar-refractivity contribution in [3.63, 3.8) is 0 Å². The first-order valence-corrected chi connectivity index (χ1v) is 7.14. The van der Waals surface area contributed by atoms with Crippen molar-refractivity contribution in [3.05, 3.63) is 17.7 Å². The largest absolute Gasteiger partial charge is 0.493 e. The third-order valence-corrected chi connectivity index (χ3v) is 3.90. The van der Waals surface area contributed by atoms with Crippen LogP contribution in [0.25, 0.3) is 0 Å². The van der Waals surface area contributed by atoms with Crippen LogP contribution in [0.4, 0.5) is 13.2 Å². The van der Waals surface area contributed by atoms with Crippen LogP contribution >= 0.6 is 0 Å². The lowest BCUT2D eigenvalue weighted by molar-refractivity contribution is -0.121. The molecule has 0 heterocycles. The van der Waals surface area contributed by atoms with Crippen molar-refractivity contribution in [2.24, 2.45) is 5.73 Å². The second-order valence-corrected chi connectivity index (χ2v) is 5.73. The van der Waals surface area contributed by atoms with E-state index in [1.165, 1.54) is 18.9 Å². The number of ether oxygens (including phenoxy) is 2. The average Bonchev–Trinajstić information content (AvgIpc) is 2.42. The molecule has 0 spiro atoms. The molecule has 0 fully saturated rings. The van der Waals surface area contributed by atoms with E-state index in [-0.39, 0.29) is 22.9 Å². The summed E-state index contributed by atoms with van der Waals surface area (Å²) in [5.74, 6) is 0.294. The summed E-state index contributed by atoms with van der Waals surface area (Å²) in [7, 11) is -1.73. The second-order valence-electron chi connectivity index (χ2n) is 3.96. The molecule has 3 N–H and O–H groups in total. The molecule has 1 aromatic carbocycles. The van der Waals surface area contributed by atoms with Gasteiger partial charge >= 0.3 is 6.18 Å².